The van der Waals surface area contributed by atoms with E-state index in [1.165, 1.54) is 0 Å². The highest BCUT2D eigenvalue weighted by Gasteiger charge is 2.12. The Balaban J connectivity index is 1.71. The Morgan fingerprint density at radius 3 is 2.68 bits per heavy atom. The molecule has 1 saturated heterocycles. The first-order chi connectivity index (χ1) is 9.25. The molecule has 1 N–H and O–H groups in total. The van der Waals surface area contributed by atoms with Crippen molar-refractivity contribution in [3.63, 3.8) is 0 Å². The fraction of sp³-hybridized carbons (Fsp3) is 0.500. The number of para-hydroxylation sites is 1. The molecule has 5 heteroatoms. The van der Waals surface area contributed by atoms with Crippen molar-refractivity contribution < 1.29 is 9.53 Å². The van der Waals surface area contributed by atoms with Crippen molar-refractivity contribution in [1.82, 2.24) is 10.3 Å². The molecular formula is C14H21N3O2. The van der Waals surface area contributed by atoms with E-state index in [9.17, 15) is 4.79 Å². The monoisotopic (exact) mass is 263 g/mol. The molecule has 1 fully saturated rings. The number of rotatable bonds is 5. The maximum absolute atomic E-state index is 11.9. The summed E-state index contributed by atoms with van der Waals surface area (Å²) in [6, 6.07) is 9.78. The molecule has 1 aliphatic rings. The maximum Gasteiger partial charge on any atom is 0.239 e. The quantitative estimate of drug-likeness (QED) is 0.801. The lowest BCUT2D eigenvalue weighted by molar-refractivity contribution is -0.121. The van der Waals surface area contributed by atoms with Gasteiger partial charge in [0.1, 0.15) is 0 Å². The van der Waals surface area contributed by atoms with Crippen LogP contribution in [0.5, 0.6) is 0 Å². The molecule has 1 aromatic rings. The van der Waals surface area contributed by atoms with E-state index >= 15 is 0 Å². The number of nitrogens with one attached hydrogen (secondary N) is 1. The van der Waals surface area contributed by atoms with Gasteiger partial charge in [0.2, 0.25) is 5.91 Å². The summed E-state index contributed by atoms with van der Waals surface area (Å²) in [7, 11) is 1.85. The molecule has 1 amide bonds. The molecule has 104 valence electrons. The van der Waals surface area contributed by atoms with Crippen molar-refractivity contribution in [3.8, 4) is 0 Å². The molecule has 0 spiro atoms. The summed E-state index contributed by atoms with van der Waals surface area (Å²) in [5.41, 5.74) is 3.85. The predicted octanol–water partition coefficient (Wildman–Crippen LogP) is 0.876. The minimum absolute atomic E-state index is 0.0397. The van der Waals surface area contributed by atoms with Gasteiger partial charge in [0.05, 0.1) is 18.9 Å². The zero-order chi connectivity index (χ0) is 13.5. The molecule has 5 nitrogen and oxygen atoms in total. The second-order valence-corrected chi connectivity index (χ2v) is 4.63. The average Bonchev–Trinajstić information content (AvgIpc) is 2.47. The molecule has 0 radical (unpaired) electrons. The topological polar surface area (TPSA) is 44.8 Å². The van der Waals surface area contributed by atoms with Crippen molar-refractivity contribution >= 4 is 11.6 Å². The molecule has 0 atom stereocenters. The number of carbonyl (C=O) groups is 1. The van der Waals surface area contributed by atoms with Gasteiger partial charge in [-0.2, -0.15) is 0 Å². The van der Waals surface area contributed by atoms with E-state index in [4.69, 9.17) is 4.74 Å². The summed E-state index contributed by atoms with van der Waals surface area (Å²) in [4.78, 5) is 14.1. The van der Waals surface area contributed by atoms with Crippen molar-refractivity contribution in [2.75, 3.05) is 44.9 Å². The van der Waals surface area contributed by atoms with Gasteiger partial charge in [0, 0.05) is 33.1 Å². The standard InChI is InChI=1S/C14H21N3O2/c1-16(13-5-3-2-4-6-13)15-14(18)7-8-17-9-11-19-12-10-17/h2-6H,7-12H2,1H3,(H,15,18). The zero-order valence-corrected chi connectivity index (χ0v) is 11.3. The van der Waals surface area contributed by atoms with Crippen LogP contribution in [-0.4, -0.2) is 50.7 Å². The van der Waals surface area contributed by atoms with Gasteiger partial charge in [0.15, 0.2) is 0 Å². The molecule has 19 heavy (non-hydrogen) atoms. The molecule has 0 unspecified atom stereocenters. The molecule has 0 aliphatic carbocycles. The van der Waals surface area contributed by atoms with Crippen LogP contribution in [0.4, 0.5) is 5.69 Å². The summed E-state index contributed by atoms with van der Waals surface area (Å²) >= 11 is 0. The SMILES string of the molecule is CN(NC(=O)CCN1CCOCC1)c1ccccc1. The molecule has 0 saturated carbocycles. The molecular weight excluding hydrogens is 242 g/mol. The normalized spacial score (nSPS) is 16.1. The van der Waals surface area contributed by atoms with Gasteiger partial charge in [-0.05, 0) is 12.1 Å². The first kappa shape index (κ1) is 13.8. The molecule has 1 aliphatic heterocycles. The molecule has 1 heterocycles. The minimum atomic E-state index is 0.0397. The third-order valence-corrected chi connectivity index (χ3v) is 3.19. The lowest BCUT2D eigenvalue weighted by Gasteiger charge is -2.27. The maximum atomic E-state index is 11.9. The van der Waals surface area contributed by atoms with Gasteiger partial charge in [-0.15, -0.1) is 0 Å². The molecule has 2 rings (SSSR count). The number of nitrogens with zero attached hydrogens (tertiary/aromatic N) is 2. The van der Waals surface area contributed by atoms with Crippen LogP contribution < -0.4 is 10.4 Å². The highest BCUT2D eigenvalue weighted by molar-refractivity contribution is 5.77. The van der Waals surface area contributed by atoms with Gasteiger partial charge in [0.25, 0.3) is 0 Å². The van der Waals surface area contributed by atoms with Crippen LogP contribution in [0, 0.1) is 0 Å². The summed E-state index contributed by atoms with van der Waals surface area (Å²) in [6.45, 7) is 4.17. The van der Waals surface area contributed by atoms with E-state index < -0.39 is 0 Å². The van der Waals surface area contributed by atoms with E-state index in [0.29, 0.717) is 6.42 Å². The smallest absolute Gasteiger partial charge is 0.239 e. The van der Waals surface area contributed by atoms with Crippen LogP contribution in [0.2, 0.25) is 0 Å². The number of hydrazine groups is 1. The average molecular weight is 263 g/mol. The van der Waals surface area contributed by atoms with Crippen molar-refractivity contribution in [2.45, 2.75) is 6.42 Å². The van der Waals surface area contributed by atoms with Crippen LogP contribution in [-0.2, 0) is 9.53 Å². The lowest BCUT2D eigenvalue weighted by atomic mass is 10.3. The van der Waals surface area contributed by atoms with Crippen LogP contribution in [0.25, 0.3) is 0 Å². The van der Waals surface area contributed by atoms with Gasteiger partial charge < -0.3 is 4.74 Å². The number of carbonyl (C=O) groups excluding carboxylic acids is 1. The Hall–Kier alpha value is -1.59. The number of benzene rings is 1. The Kier molecular flexibility index (Phi) is 5.18. The molecule has 0 aromatic heterocycles. The minimum Gasteiger partial charge on any atom is -0.379 e. The van der Waals surface area contributed by atoms with E-state index in [1.807, 2.05) is 37.4 Å². The van der Waals surface area contributed by atoms with Gasteiger partial charge in [-0.1, -0.05) is 18.2 Å². The number of anilines is 1. The number of morpholine rings is 1. The predicted molar refractivity (Wildman–Crippen MR) is 74.9 cm³/mol. The van der Waals surface area contributed by atoms with E-state index in [1.54, 1.807) is 5.01 Å². The van der Waals surface area contributed by atoms with Crippen LogP contribution in [0.15, 0.2) is 30.3 Å². The Bertz CT molecular complexity index is 391. The molecule has 0 bridgehead atoms. The van der Waals surface area contributed by atoms with Crippen molar-refractivity contribution in [1.29, 1.82) is 0 Å². The highest BCUT2D eigenvalue weighted by Crippen LogP contribution is 2.08. The fourth-order valence-electron chi connectivity index (χ4n) is 2.04. The fourth-order valence-corrected chi connectivity index (χ4v) is 2.04. The summed E-state index contributed by atoms with van der Waals surface area (Å²) < 4.78 is 5.28. The lowest BCUT2D eigenvalue weighted by Crippen LogP contribution is -2.42. The second kappa shape index (κ2) is 7.11. The molecule has 1 aromatic carbocycles. The number of amides is 1. The Morgan fingerprint density at radius 1 is 1.32 bits per heavy atom. The van der Waals surface area contributed by atoms with Crippen LogP contribution in [0.1, 0.15) is 6.42 Å². The zero-order valence-electron chi connectivity index (χ0n) is 11.3. The summed E-state index contributed by atoms with van der Waals surface area (Å²) in [6.07, 6.45) is 0.511. The number of hydrogen-bond acceptors (Lipinski definition) is 4. The largest absolute Gasteiger partial charge is 0.379 e. The Labute approximate surface area is 114 Å². The third kappa shape index (κ3) is 4.54. The van der Waals surface area contributed by atoms with Gasteiger partial charge >= 0.3 is 0 Å². The van der Waals surface area contributed by atoms with E-state index in [0.717, 1.165) is 38.5 Å². The first-order valence-corrected chi connectivity index (χ1v) is 6.64. The van der Waals surface area contributed by atoms with Crippen molar-refractivity contribution in [3.05, 3.63) is 30.3 Å². The first-order valence-electron chi connectivity index (χ1n) is 6.64. The van der Waals surface area contributed by atoms with Crippen molar-refractivity contribution in [2.24, 2.45) is 0 Å². The highest BCUT2D eigenvalue weighted by atomic mass is 16.5. The summed E-state index contributed by atoms with van der Waals surface area (Å²) in [5, 5.41) is 1.75. The Morgan fingerprint density at radius 2 is 2.00 bits per heavy atom. The third-order valence-electron chi connectivity index (χ3n) is 3.19. The van der Waals surface area contributed by atoms with E-state index in [2.05, 4.69) is 10.3 Å². The van der Waals surface area contributed by atoms with Gasteiger partial charge in [-0.25, -0.2) is 0 Å². The second-order valence-electron chi connectivity index (χ2n) is 4.63. The van der Waals surface area contributed by atoms with Crippen LogP contribution >= 0.6 is 0 Å². The van der Waals surface area contributed by atoms with E-state index in [-0.39, 0.29) is 5.91 Å². The van der Waals surface area contributed by atoms with Crippen LogP contribution in [0.3, 0.4) is 0 Å². The number of ether oxygens (including phenoxy) is 1. The summed E-state index contributed by atoms with van der Waals surface area (Å²) in [5.74, 6) is 0.0397. The number of hydrogen-bond donors (Lipinski definition) is 1. The van der Waals surface area contributed by atoms with Gasteiger partial charge in [-0.3, -0.25) is 20.1 Å².